The van der Waals surface area contributed by atoms with Gasteiger partial charge in [-0.2, -0.15) is 0 Å². The number of carbonyl (C=O) groups is 2. The highest BCUT2D eigenvalue weighted by Gasteiger charge is 2.38. The summed E-state index contributed by atoms with van der Waals surface area (Å²) >= 11 is 1.49. The monoisotopic (exact) mass is 489 g/mol. The Bertz CT molecular complexity index is 1320. The number of dihydropyridines is 1. The SMILES string of the molecule is COC(=O)C1=C(C)NC(C)=C(C(=O)OC)C1c1ccccc1Nc1nc(-c2ccccc2C)cs1. The summed E-state index contributed by atoms with van der Waals surface area (Å²) in [5, 5.41) is 9.24. The van der Waals surface area contributed by atoms with E-state index in [1.807, 2.05) is 47.8 Å². The zero-order chi connectivity index (χ0) is 25.1. The third kappa shape index (κ3) is 4.70. The molecule has 1 aliphatic rings. The maximum atomic E-state index is 12.9. The van der Waals surface area contributed by atoms with Gasteiger partial charge >= 0.3 is 11.9 Å². The van der Waals surface area contributed by atoms with Crippen LogP contribution in [0.5, 0.6) is 0 Å². The molecule has 35 heavy (non-hydrogen) atoms. The van der Waals surface area contributed by atoms with Crippen molar-refractivity contribution < 1.29 is 19.1 Å². The molecule has 180 valence electrons. The number of allylic oxidation sites excluding steroid dienone is 2. The number of hydrogen-bond donors (Lipinski definition) is 2. The Morgan fingerprint density at radius 1 is 0.914 bits per heavy atom. The fraction of sp³-hybridized carbons (Fsp3) is 0.222. The first kappa shape index (κ1) is 24.2. The minimum absolute atomic E-state index is 0.354. The lowest BCUT2D eigenvalue weighted by molar-refractivity contribution is -0.137. The van der Waals surface area contributed by atoms with E-state index < -0.39 is 17.9 Å². The Morgan fingerprint density at radius 2 is 1.51 bits per heavy atom. The Hall–Kier alpha value is -3.91. The van der Waals surface area contributed by atoms with Gasteiger partial charge in [0.2, 0.25) is 0 Å². The van der Waals surface area contributed by atoms with E-state index in [0.29, 0.717) is 27.7 Å². The zero-order valence-corrected chi connectivity index (χ0v) is 21.1. The number of thiazole rings is 1. The van der Waals surface area contributed by atoms with Gasteiger partial charge in [0.15, 0.2) is 5.13 Å². The number of anilines is 2. The van der Waals surface area contributed by atoms with Gasteiger partial charge in [0.25, 0.3) is 0 Å². The van der Waals surface area contributed by atoms with Crippen LogP contribution in [-0.4, -0.2) is 31.1 Å². The van der Waals surface area contributed by atoms with Gasteiger partial charge in [-0.25, -0.2) is 14.6 Å². The molecule has 4 rings (SSSR count). The van der Waals surface area contributed by atoms with Gasteiger partial charge in [0, 0.05) is 28.0 Å². The number of benzene rings is 2. The van der Waals surface area contributed by atoms with Gasteiger partial charge in [-0.05, 0) is 38.0 Å². The van der Waals surface area contributed by atoms with E-state index in [2.05, 4.69) is 23.6 Å². The van der Waals surface area contributed by atoms with E-state index in [0.717, 1.165) is 28.1 Å². The standard InChI is InChI=1S/C27H27N3O4S/c1-15-10-6-7-11-18(15)21-14-35-27(30-21)29-20-13-9-8-12-19(20)24-22(25(31)33-4)16(2)28-17(3)23(24)26(32)34-5/h6-14,24,28H,1-5H3,(H,29,30). The molecule has 0 fully saturated rings. The number of para-hydroxylation sites is 1. The highest BCUT2D eigenvalue weighted by molar-refractivity contribution is 7.14. The lowest BCUT2D eigenvalue weighted by Gasteiger charge is -2.31. The third-order valence-electron chi connectivity index (χ3n) is 6.01. The average Bonchev–Trinajstić information content (AvgIpc) is 3.31. The molecule has 8 heteroatoms. The predicted molar refractivity (Wildman–Crippen MR) is 137 cm³/mol. The Balaban J connectivity index is 1.79. The van der Waals surface area contributed by atoms with Crippen molar-refractivity contribution in [1.29, 1.82) is 0 Å². The van der Waals surface area contributed by atoms with Gasteiger partial charge in [0.05, 0.1) is 37.0 Å². The Morgan fingerprint density at radius 3 is 2.14 bits per heavy atom. The van der Waals surface area contributed by atoms with Gasteiger partial charge < -0.3 is 20.1 Å². The van der Waals surface area contributed by atoms with Crippen molar-refractivity contribution in [3.8, 4) is 11.3 Å². The fourth-order valence-electron chi connectivity index (χ4n) is 4.36. The third-order valence-corrected chi connectivity index (χ3v) is 6.77. The number of hydrogen-bond acceptors (Lipinski definition) is 8. The van der Waals surface area contributed by atoms with E-state index in [1.54, 1.807) is 13.8 Å². The summed E-state index contributed by atoms with van der Waals surface area (Å²) in [6.45, 7) is 5.64. The van der Waals surface area contributed by atoms with E-state index in [9.17, 15) is 9.59 Å². The first-order valence-electron chi connectivity index (χ1n) is 11.1. The second-order valence-electron chi connectivity index (χ2n) is 8.18. The van der Waals surface area contributed by atoms with Crippen LogP contribution in [0.15, 0.2) is 76.5 Å². The summed E-state index contributed by atoms with van der Waals surface area (Å²) in [5.74, 6) is -1.71. The zero-order valence-electron chi connectivity index (χ0n) is 20.3. The van der Waals surface area contributed by atoms with Crippen LogP contribution < -0.4 is 10.6 Å². The molecule has 0 radical (unpaired) electrons. The Labute approximate surface area is 208 Å². The van der Waals surface area contributed by atoms with Gasteiger partial charge in [-0.3, -0.25) is 0 Å². The van der Waals surface area contributed by atoms with Crippen LogP contribution in [0.25, 0.3) is 11.3 Å². The largest absolute Gasteiger partial charge is 0.466 e. The van der Waals surface area contributed by atoms with Gasteiger partial charge in [-0.1, -0.05) is 42.5 Å². The molecule has 2 heterocycles. The smallest absolute Gasteiger partial charge is 0.336 e. The van der Waals surface area contributed by atoms with Gasteiger partial charge in [-0.15, -0.1) is 11.3 Å². The number of esters is 2. The lowest BCUT2D eigenvalue weighted by atomic mass is 9.79. The summed E-state index contributed by atoms with van der Waals surface area (Å²) < 4.78 is 10.2. The minimum Gasteiger partial charge on any atom is -0.466 e. The quantitative estimate of drug-likeness (QED) is 0.446. The molecule has 0 atom stereocenters. The van der Waals surface area contributed by atoms with Crippen LogP contribution in [0, 0.1) is 6.92 Å². The number of aryl methyl sites for hydroxylation is 1. The lowest BCUT2D eigenvalue weighted by Crippen LogP contribution is -2.32. The molecule has 2 N–H and O–H groups in total. The number of nitrogens with zero attached hydrogens (tertiary/aromatic N) is 1. The summed E-state index contributed by atoms with van der Waals surface area (Å²) in [6.07, 6.45) is 0. The topological polar surface area (TPSA) is 89.5 Å². The second-order valence-corrected chi connectivity index (χ2v) is 9.04. The van der Waals surface area contributed by atoms with Crippen LogP contribution in [0.4, 0.5) is 10.8 Å². The molecule has 2 aromatic carbocycles. The van der Waals surface area contributed by atoms with Crippen LogP contribution in [0.2, 0.25) is 0 Å². The van der Waals surface area contributed by atoms with Crippen molar-refractivity contribution in [2.45, 2.75) is 26.7 Å². The maximum absolute atomic E-state index is 12.9. The molecule has 0 saturated heterocycles. The number of carbonyl (C=O) groups excluding carboxylic acids is 2. The second kappa shape index (κ2) is 10.1. The minimum atomic E-state index is -0.685. The predicted octanol–water partition coefficient (Wildman–Crippen LogP) is 5.44. The summed E-state index contributed by atoms with van der Waals surface area (Å²) in [6, 6.07) is 15.7. The van der Waals surface area contributed by atoms with E-state index in [4.69, 9.17) is 14.5 Å². The van der Waals surface area contributed by atoms with E-state index in [1.165, 1.54) is 25.6 Å². The molecule has 0 bridgehead atoms. The van der Waals surface area contributed by atoms with Crippen molar-refractivity contribution in [3.63, 3.8) is 0 Å². The molecule has 0 saturated carbocycles. The molecule has 0 unspecified atom stereocenters. The average molecular weight is 490 g/mol. The number of ether oxygens (including phenoxy) is 2. The van der Waals surface area contributed by atoms with Crippen molar-refractivity contribution in [2.75, 3.05) is 19.5 Å². The number of aromatic nitrogens is 1. The Kier molecular flexibility index (Phi) is 7.02. The van der Waals surface area contributed by atoms with Crippen molar-refractivity contribution in [2.24, 2.45) is 0 Å². The van der Waals surface area contributed by atoms with Crippen LogP contribution in [0.3, 0.4) is 0 Å². The van der Waals surface area contributed by atoms with Crippen LogP contribution in [-0.2, 0) is 19.1 Å². The van der Waals surface area contributed by atoms with Crippen molar-refractivity contribution in [3.05, 3.63) is 87.6 Å². The van der Waals surface area contributed by atoms with Crippen LogP contribution in [0.1, 0.15) is 30.9 Å². The van der Waals surface area contributed by atoms with E-state index >= 15 is 0 Å². The number of nitrogens with one attached hydrogen (secondary N) is 2. The normalized spacial score (nSPS) is 14.0. The maximum Gasteiger partial charge on any atom is 0.336 e. The van der Waals surface area contributed by atoms with Gasteiger partial charge in [0.1, 0.15) is 0 Å². The fourth-order valence-corrected chi connectivity index (χ4v) is 5.08. The summed E-state index contributed by atoms with van der Waals surface area (Å²) in [4.78, 5) is 30.5. The van der Waals surface area contributed by atoms with Crippen molar-refractivity contribution in [1.82, 2.24) is 10.3 Å². The molecule has 1 aromatic heterocycles. The number of rotatable bonds is 6. The highest BCUT2D eigenvalue weighted by atomic mass is 32.1. The first-order valence-corrected chi connectivity index (χ1v) is 12.0. The first-order chi connectivity index (χ1) is 16.8. The number of methoxy groups -OCH3 is 2. The summed E-state index contributed by atoms with van der Waals surface area (Å²) in [7, 11) is 2.66. The molecule has 7 nitrogen and oxygen atoms in total. The molecule has 3 aromatic rings. The molecule has 0 spiro atoms. The highest BCUT2D eigenvalue weighted by Crippen LogP contribution is 2.43. The molecular weight excluding hydrogens is 462 g/mol. The van der Waals surface area contributed by atoms with Crippen LogP contribution >= 0.6 is 11.3 Å². The van der Waals surface area contributed by atoms with Crippen molar-refractivity contribution >= 4 is 34.1 Å². The molecule has 0 amide bonds. The molecule has 1 aliphatic heterocycles. The molecule has 0 aliphatic carbocycles. The summed E-state index contributed by atoms with van der Waals surface area (Å²) in [5.41, 5.74) is 6.52. The van der Waals surface area contributed by atoms with E-state index in [-0.39, 0.29) is 0 Å². The molecular formula is C27H27N3O4S.